The molecular formula is C10H23N3O. The van der Waals surface area contributed by atoms with E-state index in [1.807, 2.05) is 6.92 Å². The maximum absolute atomic E-state index is 8.43. The summed E-state index contributed by atoms with van der Waals surface area (Å²) in [7, 11) is 0. The molecule has 14 heavy (non-hydrogen) atoms. The van der Waals surface area contributed by atoms with E-state index in [-0.39, 0.29) is 17.4 Å². The largest absolute Gasteiger partial charge is 0.409 e. The molecule has 84 valence electrons. The lowest BCUT2D eigenvalue weighted by Gasteiger charge is -2.32. The van der Waals surface area contributed by atoms with Crippen LogP contribution < -0.4 is 11.1 Å². The second-order valence-corrected chi connectivity index (χ2v) is 4.11. The zero-order chi connectivity index (χ0) is 11.2. The van der Waals surface area contributed by atoms with E-state index in [0.29, 0.717) is 6.42 Å². The second-order valence-electron chi connectivity index (χ2n) is 4.11. The lowest BCUT2D eigenvalue weighted by atomic mass is 9.94. The van der Waals surface area contributed by atoms with Gasteiger partial charge in [0.2, 0.25) is 0 Å². The van der Waals surface area contributed by atoms with Gasteiger partial charge in [0.25, 0.3) is 0 Å². The van der Waals surface area contributed by atoms with Crippen molar-refractivity contribution in [2.45, 2.75) is 58.5 Å². The molecule has 0 aliphatic carbocycles. The Morgan fingerprint density at radius 2 is 2.00 bits per heavy atom. The van der Waals surface area contributed by atoms with Crippen LogP contribution in [-0.2, 0) is 0 Å². The summed E-state index contributed by atoms with van der Waals surface area (Å²) in [6, 6.07) is 0.232. The first-order valence-corrected chi connectivity index (χ1v) is 5.21. The Kier molecular flexibility index (Phi) is 5.53. The van der Waals surface area contributed by atoms with E-state index in [0.717, 1.165) is 12.8 Å². The summed E-state index contributed by atoms with van der Waals surface area (Å²) in [5, 5.41) is 14.9. The van der Waals surface area contributed by atoms with Gasteiger partial charge >= 0.3 is 0 Å². The molecule has 0 bridgehead atoms. The zero-order valence-electron chi connectivity index (χ0n) is 9.67. The van der Waals surface area contributed by atoms with Crippen molar-refractivity contribution < 1.29 is 5.21 Å². The maximum atomic E-state index is 8.43. The fourth-order valence-corrected chi connectivity index (χ4v) is 1.45. The van der Waals surface area contributed by atoms with E-state index >= 15 is 0 Å². The van der Waals surface area contributed by atoms with Gasteiger partial charge in [-0.15, -0.1) is 0 Å². The van der Waals surface area contributed by atoms with Crippen LogP contribution in [0.15, 0.2) is 5.16 Å². The Balaban J connectivity index is 4.10. The summed E-state index contributed by atoms with van der Waals surface area (Å²) in [6.07, 6.45) is 2.72. The summed E-state index contributed by atoms with van der Waals surface area (Å²) in [5.74, 6) is 0.277. The Morgan fingerprint density at radius 3 is 2.36 bits per heavy atom. The molecule has 0 saturated heterocycles. The molecule has 0 spiro atoms. The van der Waals surface area contributed by atoms with Gasteiger partial charge in [0, 0.05) is 18.0 Å². The molecule has 0 fully saturated rings. The third kappa shape index (κ3) is 4.46. The van der Waals surface area contributed by atoms with E-state index < -0.39 is 0 Å². The summed E-state index contributed by atoms with van der Waals surface area (Å²) >= 11 is 0. The van der Waals surface area contributed by atoms with Crippen LogP contribution in [0.5, 0.6) is 0 Å². The third-order valence-electron chi connectivity index (χ3n) is 2.80. The minimum atomic E-state index is 0.148. The van der Waals surface area contributed by atoms with E-state index in [9.17, 15) is 0 Å². The molecule has 0 aromatic rings. The molecule has 4 nitrogen and oxygen atoms in total. The van der Waals surface area contributed by atoms with Crippen molar-refractivity contribution in [3.8, 4) is 0 Å². The van der Waals surface area contributed by atoms with Crippen LogP contribution in [0.25, 0.3) is 0 Å². The number of nitrogens with one attached hydrogen (secondary N) is 1. The summed E-state index contributed by atoms with van der Waals surface area (Å²) in [5.41, 5.74) is 5.58. The van der Waals surface area contributed by atoms with Gasteiger partial charge in [0.05, 0.1) is 0 Å². The van der Waals surface area contributed by atoms with Gasteiger partial charge in [-0.05, 0) is 26.7 Å². The van der Waals surface area contributed by atoms with E-state index in [1.54, 1.807) is 0 Å². The Hall–Kier alpha value is -0.770. The number of amidine groups is 1. The summed E-state index contributed by atoms with van der Waals surface area (Å²) in [6.45, 7) is 8.55. The van der Waals surface area contributed by atoms with Gasteiger partial charge in [-0.1, -0.05) is 19.0 Å². The van der Waals surface area contributed by atoms with Crippen molar-refractivity contribution in [2.75, 3.05) is 0 Å². The van der Waals surface area contributed by atoms with Crippen LogP contribution in [-0.4, -0.2) is 22.6 Å². The second kappa shape index (κ2) is 5.86. The van der Waals surface area contributed by atoms with Crippen molar-refractivity contribution >= 4 is 5.84 Å². The molecule has 1 unspecified atom stereocenters. The lowest BCUT2D eigenvalue weighted by molar-refractivity contribution is 0.293. The first-order chi connectivity index (χ1) is 6.47. The first kappa shape index (κ1) is 13.2. The fourth-order valence-electron chi connectivity index (χ4n) is 1.45. The van der Waals surface area contributed by atoms with Crippen LogP contribution in [0.4, 0.5) is 0 Å². The molecule has 1 atom stereocenters. The van der Waals surface area contributed by atoms with Crippen LogP contribution in [0, 0.1) is 0 Å². The van der Waals surface area contributed by atoms with Gasteiger partial charge in [-0.25, -0.2) is 0 Å². The normalized spacial score (nSPS) is 15.6. The molecule has 4 heteroatoms. The predicted octanol–water partition coefficient (Wildman–Crippen LogP) is 1.68. The first-order valence-electron chi connectivity index (χ1n) is 5.21. The molecule has 0 aliphatic heterocycles. The Bertz CT molecular complexity index is 188. The molecule has 0 rings (SSSR count). The topological polar surface area (TPSA) is 70.6 Å². The number of rotatable bonds is 6. The van der Waals surface area contributed by atoms with Crippen LogP contribution in [0.2, 0.25) is 0 Å². The quantitative estimate of drug-likeness (QED) is 0.265. The van der Waals surface area contributed by atoms with E-state index in [1.165, 1.54) is 0 Å². The van der Waals surface area contributed by atoms with Gasteiger partial charge in [-0.3, -0.25) is 0 Å². The highest BCUT2D eigenvalue weighted by molar-refractivity contribution is 5.80. The minimum absolute atomic E-state index is 0.148. The van der Waals surface area contributed by atoms with E-state index in [4.69, 9.17) is 10.9 Å². The van der Waals surface area contributed by atoms with Gasteiger partial charge in [-0.2, -0.15) is 0 Å². The maximum Gasteiger partial charge on any atom is 0.140 e. The monoisotopic (exact) mass is 201 g/mol. The Labute approximate surface area is 86.6 Å². The average molecular weight is 201 g/mol. The number of nitrogens with zero attached hydrogens (tertiary/aromatic N) is 1. The standard InChI is InChI=1S/C10H23N3O/c1-5-10(4,6-2)12-8(3)7-9(11)13-14/h8,12,14H,5-7H2,1-4H3,(H2,11,13). The van der Waals surface area contributed by atoms with E-state index in [2.05, 4.69) is 31.2 Å². The third-order valence-corrected chi connectivity index (χ3v) is 2.80. The van der Waals surface area contributed by atoms with Crippen molar-refractivity contribution in [3.05, 3.63) is 0 Å². The minimum Gasteiger partial charge on any atom is -0.409 e. The molecule has 0 amide bonds. The molecule has 0 saturated carbocycles. The molecule has 0 aliphatic rings. The molecule has 0 aromatic heterocycles. The van der Waals surface area contributed by atoms with Crippen molar-refractivity contribution in [1.29, 1.82) is 0 Å². The number of hydrogen-bond acceptors (Lipinski definition) is 3. The highest BCUT2D eigenvalue weighted by Crippen LogP contribution is 2.15. The molecule has 0 radical (unpaired) electrons. The van der Waals surface area contributed by atoms with Crippen LogP contribution in [0.1, 0.15) is 47.0 Å². The number of nitrogens with two attached hydrogens (primary N) is 1. The molecule has 4 N–H and O–H groups in total. The Morgan fingerprint density at radius 1 is 1.50 bits per heavy atom. The molecule has 0 aromatic carbocycles. The van der Waals surface area contributed by atoms with Crippen molar-refractivity contribution in [2.24, 2.45) is 10.9 Å². The highest BCUT2D eigenvalue weighted by Gasteiger charge is 2.21. The smallest absolute Gasteiger partial charge is 0.140 e. The average Bonchev–Trinajstić information content (AvgIpc) is 2.17. The lowest BCUT2D eigenvalue weighted by Crippen LogP contribution is -2.47. The summed E-state index contributed by atoms with van der Waals surface area (Å²) < 4.78 is 0. The van der Waals surface area contributed by atoms with Gasteiger partial charge in [0.1, 0.15) is 5.84 Å². The highest BCUT2D eigenvalue weighted by atomic mass is 16.4. The van der Waals surface area contributed by atoms with Gasteiger partial charge < -0.3 is 16.3 Å². The predicted molar refractivity (Wildman–Crippen MR) is 59.6 cm³/mol. The zero-order valence-corrected chi connectivity index (χ0v) is 9.67. The van der Waals surface area contributed by atoms with Crippen LogP contribution in [0.3, 0.4) is 0 Å². The molecule has 0 heterocycles. The molecular weight excluding hydrogens is 178 g/mol. The van der Waals surface area contributed by atoms with Crippen molar-refractivity contribution in [1.82, 2.24) is 5.32 Å². The SMILES string of the molecule is CCC(C)(CC)NC(C)CC(N)=NO. The van der Waals surface area contributed by atoms with Crippen LogP contribution >= 0.6 is 0 Å². The summed E-state index contributed by atoms with van der Waals surface area (Å²) in [4.78, 5) is 0. The fraction of sp³-hybridized carbons (Fsp3) is 0.900. The van der Waals surface area contributed by atoms with Crippen molar-refractivity contribution in [3.63, 3.8) is 0 Å². The number of oxime groups is 1. The number of hydrogen-bond donors (Lipinski definition) is 3. The van der Waals surface area contributed by atoms with Gasteiger partial charge in [0.15, 0.2) is 0 Å².